The molecule has 0 bridgehead atoms. The molecular formula is C16H16F3N3O2S. The fourth-order valence-corrected chi connectivity index (χ4v) is 3.43. The van der Waals surface area contributed by atoms with Gasteiger partial charge < -0.3 is 15.4 Å². The summed E-state index contributed by atoms with van der Waals surface area (Å²) in [7, 11) is 0. The van der Waals surface area contributed by atoms with E-state index in [4.69, 9.17) is 4.74 Å². The SMILES string of the molecule is Cc1sc(NC(=O)CC2COCCN2)nc1-c1c(F)cc(F)cc1F. The molecule has 1 aromatic heterocycles. The third-order valence-electron chi connectivity index (χ3n) is 3.72. The molecule has 1 amide bonds. The molecule has 1 atom stereocenters. The molecule has 1 saturated heterocycles. The van der Waals surface area contributed by atoms with Crippen molar-refractivity contribution in [1.82, 2.24) is 10.3 Å². The van der Waals surface area contributed by atoms with Crippen molar-refractivity contribution in [3.8, 4) is 11.3 Å². The number of thiazole rings is 1. The lowest BCUT2D eigenvalue weighted by atomic mass is 10.1. The highest BCUT2D eigenvalue weighted by molar-refractivity contribution is 7.16. The van der Waals surface area contributed by atoms with Crippen molar-refractivity contribution >= 4 is 22.4 Å². The predicted molar refractivity (Wildman–Crippen MR) is 88.0 cm³/mol. The molecule has 0 saturated carbocycles. The average molecular weight is 371 g/mol. The molecule has 0 spiro atoms. The Bertz CT molecular complexity index is 768. The molecule has 2 aromatic rings. The number of hydrogen-bond acceptors (Lipinski definition) is 5. The molecule has 134 valence electrons. The van der Waals surface area contributed by atoms with Crippen LogP contribution < -0.4 is 10.6 Å². The second kappa shape index (κ2) is 7.51. The van der Waals surface area contributed by atoms with Crippen LogP contribution in [-0.2, 0) is 9.53 Å². The fourth-order valence-electron chi connectivity index (χ4n) is 2.60. The number of benzene rings is 1. The number of rotatable bonds is 4. The Kier molecular flexibility index (Phi) is 5.36. The molecule has 1 fully saturated rings. The van der Waals surface area contributed by atoms with Crippen molar-refractivity contribution in [2.75, 3.05) is 25.1 Å². The number of morpholine rings is 1. The number of ether oxygens (including phenoxy) is 1. The largest absolute Gasteiger partial charge is 0.378 e. The molecule has 3 rings (SSSR count). The van der Waals surface area contributed by atoms with E-state index >= 15 is 0 Å². The second-order valence-corrected chi connectivity index (χ2v) is 6.85. The smallest absolute Gasteiger partial charge is 0.227 e. The van der Waals surface area contributed by atoms with E-state index in [9.17, 15) is 18.0 Å². The summed E-state index contributed by atoms with van der Waals surface area (Å²) in [4.78, 5) is 16.7. The van der Waals surface area contributed by atoms with Crippen LogP contribution in [0.2, 0.25) is 0 Å². The number of aryl methyl sites for hydroxylation is 1. The van der Waals surface area contributed by atoms with E-state index in [1.54, 1.807) is 6.92 Å². The number of amides is 1. The minimum atomic E-state index is -1.03. The van der Waals surface area contributed by atoms with E-state index in [1.807, 2.05) is 0 Å². The van der Waals surface area contributed by atoms with Crippen molar-refractivity contribution < 1.29 is 22.7 Å². The lowest BCUT2D eigenvalue weighted by molar-refractivity contribution is -0.117. The average Bonchev–Trinajstić information content (AvgIpc) is 2.87. The molecule has 1 aliphatic heterocycles. The first-order chi connectivity index (χ1) is 11.9. The zero-order valence-corrected chi connectivity index (χ0v) is 14.2. The van der Waals surface area contributed by atoms with Crippen molar-refractivity contribution in [2.24, 2.45) is 0 Å². The van der Waals surface area contributed by atoms with Crippen LogP contribution in [0.4, 0.5) is 18.3 Å². The maximum atomic E-state index is 13.9. The first-order valence-corrected chi connectivity index (χ1v) is 8.49. The minimum absolute atomic E-state index is 0.0504. The zero-order chi connectivity index (χ0) is 18.0. The number of carbonyl (C=O) groups is 1. The van der Waals surface area contributed by atoms with Gasteiger partial charge in [-0.15, -0.1) is 11.3 Å². The number of carbonyl (C=O) groups excluding carboxylic acids is 1. The van der Waals surface area contributed by atoms with Gasteiger partial charge in [-0.1, -0.05) is 0 Å². The van der Waals surface area contributed by atoms with Crippen molar-refractivity contribution in [1.29, 1.82) is 0 Å². The number of nitrogens with one attached hydrogen (secondary N) is 2. The van der Waals surface area contributed by atoms with Gasteiger partial charge >= 0.3 is 0 Å². The Labute approximate surface area is 146 Å². The number of halogens is 3. The van der Waals surface area contributed by atoms with Gasteiger partial charge in [-0.2, -0.15) is 0 Å². The summed E-state index contributed by atoms with van der Waals surface area (Å²) in [6, 6.07) is 1.12. The minimum Gasteiger partial charge on any atom is -0.378 e. The molecule has 0 radical (unpaired) electrons. The van der Waals surface area contributed by atoms with Gasteiger partial charge in [-0.3, -0.25) is 4.79 Å². The maximum absolute atomic E-state index is 13.9. The summed E-state index contributed by atoms with van der Waals surface area (Å²) in [6.07, 6.45) is 0.202. The van der Waals surface area contributed by atoms with Crippen molar-refractivity contribution in [3.05, 3.63) is 34.5 Å². The van der Waals surface area contributed by atoms with Gasteiger partial charge in [0.05, 0.1) is 24.5 Å². The Balaban J connectivity index is 1.75. The summed E-state index contributed by atoms with van der Waals surface area (Å²) in [5.41, 5.74) is -0.354. The summed E-state index contributed by atoms with van der Waals surface area (Å²) >= 11 is 1.10. The van der Waals surface area contributed by atoms with E-state index < -0.39 is 23.0 Å². The monoisotopic (exact) mass is 371 g/mol. The highest BCUT2D eigenvalue weighted by atomic mass is 32.1. The molecule has 1 aliphatic rings. The van der Waals surface area contributed by atoms with Crippen molar-refractivity contribution in [3.63, 3.8) is 0 Å². The fraction of sp³-hybridized carbons (Fsp3) is 0.375. The summed E-state index contributed by atoms with van der Waals surface area (Å²) < 4.78 is 46.2. The lowest BCUT2D eigenvalue weighted by Gasteiger charge is -2.22. The van der Waals surface area contributed by atoms with Gasteiger partial charge in [0.15, 0.2) is 5.13 Å². The molecule has 2 N–H and O–H groups in total. The Morgan fingerprint density at radius 1 is 1.40 bits per heavy atom. The van der Waals surface area contributed by atoms with E-state index in [0.717, 1.165) is 11.3 Å². The van der Waals surface area contributed by atoms with Crippen LogP contribution in [0.5, 0.6) is 0 Å². The summed E-state index contributed by atoms with van der Waals surface area (Å²) in [5, 5.41) is 6.02. The number of anilines is 1. The molecular weight excluding hydrogens is 355 g/mol. The topological polar surface area (TPSA) is 63.2 Å². The molecule has 25 heavy (non-hydrogen) atoms. The van der Waals surface area contributed by atoms with Crippen LogP contribution in [0.15, 0.2) is 12.1 Å². The Morgan fingerprint density at radius 3 is 2.76 bits per heavy atom. The molecule has 0 aliphatic carbocycles. The van der Waals surface area contributed by atoms with Gasteiger partial charge in [-0.05, 0) is 6.92 Å². The van der Waals surface area contributed by atoms with Crippen LogP contribution in [0.3, 0.4) is 0 Å². The van der Waals surface area contributed by atoms with Gasteiger partial charge in [0, 0.05) is 36.0 Å². The molecule has 1 unspecified atom stereocenters. The highest BCUT2D eigenvalue weighted by Gasteiger charge is 2.21. The Hall–Kier alpha value is -1.97. The van der Waals surface area contributed by atoms with Crippen LogP contribution in [0, 0.1) is 24.4 Å². The highest BCUT2D eigenvalue weighted by Crippen LogP contribution is 2.34. The maximum Gasteiger partial charge on any atom is 0.227 e. The number of hydrogen-bond donors (Lipinski definition) is 2. The van der Waals surface area contributed by atoms with Crippen LogP contribution >= 0.6 is 11.3 Å². The van der Waals surface area contributed by atoms with Crippen molar-refractivity contribution in [2.45, 2.75) is 19.4 Å². The number of nitrogens with zero attached hydrogens (tertiary/aromatic N) is 1. The van der Waals surface area contributed by atoms with Crippen LogP contribution in [0.25, 0.3) is 11.3 Å². The summed E-state index contributed by atoms with van der Waals surface area (Å²) in [6.45, 7) is 3.37. The lowest BCUT2D eigenvalue weighted by Crippen LogP contribution is -2.43. The van der Waals surface area contributed by atoms with E-state index in [2.05, 4.69) is 15.6 Å². The Morgan fingerprint density at radius 2 is 2.12 bits per heavy atom. The molecule has 9 heteroatoms. The van der Waals surface area contributed by atoms with E-state index in [-0.39, 0.29) is 29.2 Å². The predicted octanol–water partition coefficient (Wildman–Crippen LogP) is 2.85. The van der Waals surface area contributed by atoms with E-state index in [0.29, 0.717) is 36.8 Å². The van der Waals surface area contributed by atoms with Crippen LogP contribution in [0.1, 0.15) is 11.3 Å². The van der Waals surface area contributed by atoms with Crippen LogP contribution in [-0.4, -0.2) is 36.7 Å². The third kappa shape index (κ3) is 4.17. The standard InChI is InChI=1S/C16H16F3N3O2S/c1-8-15(14-11(18)4-9(17)5-12(14)19)22-16(25-8)21-13(23)6-10-7-24-3-2-20-10/h4-5,10,20H,2-3,6-7H2,1H3,(H,21,22,23). The second-order valence-electron chi connectivity index (χ2n) is 5.65. The first-order valence-electron chi connectivity index (χ1n) is 7.67. The van der Waals surface area contributed by atoms with Gasteiger partial charge in [0.1, 0.15) is 17.5 Å². The normalized spacial score (nSPS) is 17.5. The van der Waals surface area contributed by atoms with Gasteiger partial charge in [0.25, 0.3) is 0 Å². The third-order valence-corrected chi connectivity index (χ3v) is 4.60. The molecule has 2 heterocycles. The van der Waals surface area contributed by atoms with Gasteiger partial charge in [0.2, 0.25) is 5.91 Å². The first kappa shape index (κ1) is 17.8. The summed E-state index contributed by atoms with van der Waals surface area (Å²) in [5.74, 6) is -3.34. The zero-order valence-electron chi connectivity index (χ0n) is 13.4. The van der Waals surface area contributed by atoms with E-state index in [1.165, 1.54) is 0 Å². The quantitative estimate of drug-likeness (QED) is 0.868. The molecule has 5 nitrogen and oxygen atoms in total. The molecule has 1 aromatic carbocycles. The van der Waals surface area contributed by atoms with Gasteiger partial charge in [-0.25, -0.2) is 18.2 Å². The number of aromatic nitrogens is 1.